The second kappa shape index (κ2) is 7.49. The number of carboxylic acid groups (broad SMARTS) is 1. The molecule has 1 aromatic heterocycles. The number of ether oxygens (including phenoxy) is 1. The number of carboxylic acids is 1. The summed E-state index contributed by atoms with van der Waals surface area (Å²) in [5, 5.41) is 10.0. The quantitative estimate of drug-likeness (QED) is 0.680. The van der Waals surface area contributed by atoms with Crippen LogP contribution in [0.25, 0.3) is 10.6 Å². The van der Waals surface area contributed by atoms with E-state index in [-0.39, 0.29) is 0 Å². The lowest BCUT2D eigenvalue weighted by molar-refractivity contribution is 0.0701. The van der Waals surface area contributed by atoms with Crippen LogP contribution in [0.15, 0.2) is 48.5 Å². The Bertz CT molecular complexity index is 901. The molecule has 128 valence electrons. The molecule has 4 nitrogen and oxygen atoms in total. The van der Waals surface area contributed by atoms with Crippen LogP contribution < -0.4 is 4.74 Å². The minimum absolute atomic E-state index is 0.297. The van der Waals surface area contributed by atoms with Crippen molar-refractivity contribution in [3.8, 4) is 16.3 Å². The minimum Gasteiger partial charge on any atom is -0.488 e. The SMILES string of the molecule is CCc1nc(-c2ccccc2OCc2cccc(C)c2)sc1C(=O)O. The second-order valence-electron chi connectivity index (χ2n) is 5.73. The first-order chi connectivity index (χ1) is 12.1. The fourth-order valence-electron chi connectivity index (χ4n) is 2.61. The Morgan fingerprint density at radius 1 is 1.20 bits per heavy atom. The maximum atomic E-state index is 11.4. The highest BCUT2D eigenvalue weighted by atomic mass is 32.1. The van der Waals surface area contributed by atoms with Crippen LogP contribution in [0.2, 0.25) is 0 Å². The zero-order valence-corrected chi connectivity index (χ0v) is 15.0. The predicted molar refractivity (Wildman–Crippen MR) is 99.4 cm³/mol. The van der Waals surface area contributed by atoms with Gasteiger partial charge in [0.05, 0.1) is 11.3 Å². The highest BCUT2D eigenvalue weighted by Gasteiger charge is 2.18. The minimum atomic E-state index is -0.932. The first-order valence-corrected chi connectivity index (χ1v) is 8.91. The predicted octanol–water partition coefficient (Wildman–Crippen LogP) is 4.96. The zero-order valence-electron chi connectivity index (χ0n) is 14.2. The van der Waals surface area contributed by atoms with E-state index < -0.39 is 5.97 Å². The maximum absolute atomic E-state index is 11.4. The molecule has 0 amide bonds. The van der Waals surface area contributed by atoms with Crippen LogP contribution in [0.3, 0.4) is 0 Å². The van der Waals surface area contributed by atoms with Gasteiger partial charge in [-0.3, -0.25) is 0 Å². The molecule has 1 N–H and O–H groups in total. The van der Waals surface area contributed by atoms with Crippen molar-refractivity contribution in [3.63, 3.8) is 0 Å². The molecular weight excluding hydrogens is 334 g/mol. The highest BCUT2D eigenvalue weighted by Crippen LogP contribution is 2.35. The molecule has 25 heavy (non-hydrogen) atoms. The molecule has 0 saturated heterocycles. The number of nitrogens with zero attached hydrogens (tertiary/aromatic N) is 1. The Kier molecular flexibility index (Phi) is 5.14. The molecular formula is C20H19NO3S. The average Bonchev–Trinajstić information content (AvgIpc) is 3.05. The highest BCUT2D eigenvalue weighted by molar-refractivity contribution is 7.17. The van der Waals surface area contributed by atoms with Gasteiger partial charge in [0.15, 0.2) is 0 Å². The smallest absolute Gasteiger partial charge is 0.347 e. The molecule has 0 aliphatic heterocycles. The van der Waals surface area contributed by atoms with Crippen molar-refractivity contribution in [1.29, 1.82) is 0 Å². The van der Waals surface area contributed by atoms with Gasteiger partial charge in [-0.05, 0) is 31.0 Å². The molecule has 0 bridgehead atoms. The molecule has 0 unspecified atom stereocenters. The molecule has 3 aromatic rings. The fraction of sp³-hybridized carbons (Fsp3) is 0.200. The van der Waals surface area contributed by atoms with Gasteiger partial charge in [0.25, 0.3) is 0 Å². The zero-order chi connectivity index (χ0) is 17.8. The van der Waals surface area contributed by atoms with Crippen LogP contribution in [-0.4, -0.2) is 16.1 Å². The van der Waals surface area contributed by atoms with Gasteiger partial charge < -0.3 is 9.84 Å². The summed E-state index contributed by atoms with van der Waals surface area (Å²) >= 11 is 1.19. The normalized spacial score (nSPS) is 10.6. The van der Waals surface area contributed by atoms with Crippen molar-refractivity contribution in [2.45, 2.75) is 26.9 Å². The van der Waals surface area contributed by atoms with Gasteiger partial charge in [-0.15, -0.1) is 11.3 Å². The van der Waals surface area contributed by atoms with Crippen LogP contribution in [-0.2, 0) is 13.0 Å². The van der Waals surface area contributed by atoms with Crippen LogP contribution in [0.1, 0.15) is 33.4 Å². The lowest BCUT2D eigenvalue weighted by atomic mass is 10.1. The molecule has 3 rings (SSSR count). The Hall–Kier alpha value is -2.66. The molecule has 0 radical (unpaired) electrons. The van der Waals surface area contributed by atoms with Gasteiger partial charge in [0, 0.05) is 0 Å². The van der Waals surface area contributed by atoms with Gasteiger partial charge in [0.1, 0.15) is 22.2 Å². The third-order valence-corrected chi connectivity index (χ3v) is 4.94. The van der Waals surface area contributed by atoms with Crippen molar-refractivity contribution in [2.24, 2.45) is 0 Å². The van der Waals surface area contributed by atoms with Gasteiger partial charge in [-0.1, -0.05) is 48.9 Å². The Balaban J connectivity index is 1.90. The summed E-state index contributed by atoms with van der Waals surface area (Å²) in [6.45, 7) is 4.41. The molecule has 0 aliphatic carbocycles. The lowest BCUT2D eigenvalue weighted by Gasteiger charge is -2.10. The van der Waals surface area contributed by atoms with E-state index in [1.807, 2.05) is 56.3 Å². The summed E-state index contributed by atoms with van der Waals surface area (Å²) in [6.07, 6.45) is 0.588. The number of para-hydroxylation sites is 1. The summed E-state index contributed by atoms with van der Waals surface area (Å²) in [5.74, 6) is -0.226. The molecule has 2 aromatic carbocycles. The fourth-order valence-corrected chi connectivity index (χ4v) is 3.63. The number of aromatic carboxylic acids is 1. The lowest BCUT2D eigenvalue weighted by Crippen LogP contribution is -1.97. The number of rotatable bonds is 6. The van der Waals surface area contributed by atoms with E-state index in [1.54, 1.807) is 0 Å². The topological polar surface area (TPSA) is 59.4 Å². The van der Waals surface area contributed by atoms with Gasteiger partial charge >= 0.3 is 5.97 Å². The third kappa shape index (κ3) is 3.88. The number of carbonyl (C=O) groups is 1. The van der Waals surface area contributed by atoms with Gasteiger partial charge in [-0.25, -0.2) is 9.78 Å². The summed E-state index contributed by atoms with van der Waals surface area (Å²) < 4.78 is 6.00. The standard InChI is InChI=1S/C20H19NO3S/c1-3-16-18(20(22)23)25-19(21-16)15-9-4-5-10-17(15)24-12-14-8-6-7-13(2)11-14/h4-11H,3,12H2,1-2H3,(H,22,23). The monoisotopic (exact) mass is 353 g/mol. The first-order valence-electron chi connectivity index (χ1n) is 8.09. The number of thiazole rings is 1. The summed E-state index contributed by atoms with van der Waals surface area (Å²) in [5.41, 5.74) is 3.71. The first kappa shape index (κ1) is 17.2. The van der Waals surface area contributed by atoms with E-state index in [4.69, 9.17) is 4.74 Å². The van der Waals surface area contributed by atoms with Gasteiger partial charge in [0.2, 0.25) is 0 Å². The molecule has 5 heteroatoms. The van der Waals surface area contributed by atoms with Crippen molar-refractivity contribution < 1.29 is 14.6 Å². The molecule has 0 aliphatic rings. The maximum Gasteiger partial charge on any atom is 0.347 e. The number of benzene rings is 2. The molecule has 0 saturated carbocycles. The van der Waals surface area contributed by atoms with Crippen LogP contribution >= 0.6 is 11.3 Å². The Labute approximate surface area is 150 Å². The largest absolute Gasteiger partial charge is 0.488 e. The van der Waals surface area contributed by atoms with E-state index in [1.165, 1.54) is 16.9 Å². The molecule has 0 fully saturated rings. The average molecular weight is 353 g/mol. The number of hydrogen-bond acceptors (Lipinski definition) is 4. The second-order valence-corrected chi connectivity index (χ2v) is 6.73. The van der Waals surface area contributed by atoms with E-state index in [0.717, 1.165) is 11.1 Å². The van der Waals surface area contributed by atoms with Crippen molar-refractivity contribution in [1.82, 2.24) is 4.98 Å². The molecule has 1 heterocycles. The van der Waals surface area contributed by atoms with Crippen molar-refractivity contribution >= 4 is 17.3 Å². The van der Waals surface area contributed by atoms with Gasteiger partial charge in [-0.2, -0.15) is 0 Å². The van der Waals surface area contributed by atoms with E-state index in [9.17, 15) is 9.90 Å². The van der Waals surface area contributed by atoms with Crippen LogP contribution in [0.5, 0.6) is 5.75 Å². The summed E-state index contributed by atoms with van der Waals surface area (Å²) in [4.78, 5) is 16.2. The Morgan fingerprint density at radius 3 is 2.68 bits per heavy atom. The van der Waals surface area contributed by atoms with Crippen LogP contribution in [0, 0.1) is 6.92 Å². The van der Waals surface area contributed by atoms with Crippen molar-refractivity contribution in [2.75, 3.05) is 0 Å². The van der Waals surface area contributed by atoms with Crippen molar-refractivity contribution in [3.05, 3.63) is 70.2 Å². The summed E-state index contributed by atoms with van der Waals surface area (Å²) in [7, 11) is 0. The molecule has 0 atom stereocenters. The molecule has 0 spiro atoms. The third-order valence-electron chi connectivity index (χ3n) is 3.82. The number of aromatic nitrogens is 1. The number of aryl methyl sites for hydroxylation is 2. The van der Waals surface area contributed by atoms with Crippen LogP contribution in [0.4, 0.5) is 0 Å². The number of hydrogen-bond donors (Lipinski definition) is 1. The van der Waals surface area contributed by atoms with E-state index >= 15 is 0 Å². The summed E-state index contributed by atoms with van der Waals surface area (Å²) in [6, 6.07) is 15.8. The van der Waals surface area contributed by atoms with E-state index in [2.05, 4.69) is 11.1 Å². The van der Waals surface area contributed by atoms with E-state index in [0.29, 0.717) is 34.4 Å². The Morgan fingerprint density at radius 2 is 2.00 bits per heavy atom.